The van der Waals surface area contributed by atoms with E-state index in [2.05, 4.69) is 16.3 Å². The van der Waals surface area contributed by atoms with Crippen LogP contribution in [0.25, 0.3) is 0 Å². The van der Waals surface area contributed by atoms with Crippen molar-refractivity contribution in [3.05, 3.63) is 85.8 Å². The smallest absolute Gasteiger partial charge is 0.244 e. The van der Waals surface area contributed by atoms with Crippen molar-refractivity contribution in [3.63, 3.8) is 0 Å². The Bertz CT molecular complexity index is 1170. The largest absolute Gasteiger partial charge is 0.486 e. The maximum atomic E-state index is 9.68. The number of allylic oxidation sites excluding steroid dienone is 1. The Labute approximate surface area is 183 Å². The third-order valence-corrected chi connectivity index (χ3v) is 5.55. The molecule has 1 aromatic heterocycles. The van der Waals surface area contributed by atoms with Crippen LogP contribution in [0.2, 0.25) is 10.0 Å². The molecule has 1 aliphatic rings. The second-order valence-corrected chi connectivity index (χ2v) is 7.89. The summed E-state index contributed by atoms with van der Waals surface area (Å²) >= 11 is 13.0. The molecule has 8 heteroatoms. The van der Waals surface area contributed by atoms with Gasteiger partial charge in [0, 0.05) is 11.3 Å². The molecule has 0 saturated heterocycles. The summed E-state index contributed by atoms with van der Waals surface area (Å²) in [6, 6.07) is 13.6. The fourth-order valence-electron chi connectivity index (χ4n) is 3.46. The minimum absolute atomic E-state index is 0.00782. The third-order valence-electron chi connectivity index (χ3n) is 4.99. The van der Waals surface area contributed by atoms with Crippen LogP contribution in [0, 0.1) is 25.2 Å². The van der Waals surface area contributed by atoms with Gasteiger partial charge in [-0.1, -0.05) is 53.0 Å². The van der Waals surface area contributed by atoms with Gasteiger partial charge in [0.1, 0.15) is 18.2 Å². The summed E-state index contributed by atoms with van der Waals surface area (Å²) in [5, 5.41) is 17.4. The first-order valence-corrected chi connectivity index (χ1v) is 9.94. The van der Waals surface area contributed by atoms with Gasteiger partial charge in [-0.3, -0.25) is 5.10 Å². The van der Waals surface area contributed by atoms with Gasteiger partial charge in [0.25, 0.3) is 0 Å². The van der Waals surface area contributed by atoms with E-state index >= 15 is 0 Å². The summed E-state index contributed by atoms with van der Waals surface area (Å²) in [5.74, 6) is 0.224. The molecule has 0 saturated carbocycles. The molecule has 2 heterocycles. The monoisotopic (exact) mass is 440 g/mol. The molecule has 6 nitrogen and oxygen atoms in total. The van der Waals surface area contributed by atoms with Gasteiger partial charge in [-0.15, -0.1) is 5.10 Å². The Morgan fingerprint density at radius 3 is 2.50 bits per heavy atom. The van der Waals surface area contributed by atoms with E-state index in [-0.39, 0.29) is 11.5 Å². The number of nitrogens with one attached hydrogen (secondary N) is 1. The quantitative estimate of drug-likeness (QED) is 0.585. The van der Waals surface area contributed by atoms with Crippen molar-refractivity contribution >= 4 is 23.2 Å². The Balaban J connectivity index is 1.70. The number of benzene rings is 2. The Morgan fingerprint density at radius 2 is 1.87 bits per heavy atom. The van der Waals surface area contributed by atoms with E-state index in [0.717, 1.165) is 16.8 Å². The number of H-pyrrole nitrogens is 1. The molecule has 3 N–H and O–H groups in total. The van der Waals surface area contributed by atoms with Crippen molar-refractivity contribution < 1.29 is 9.47 Å². The van der Waals surface area contributed by atoms with Crippen LogP contribution >= 0.6 is 23.2 Å². The molecule has 0 unspecified atom stereocenters. The molecule has 2 aromatic carbocycles. The van der Waals surface area contributed by atoms with E-state index in [0.29, 0.717) is 33.8 Å². The third kappa shape index (κ3) is 3.58. The number of halogens is 2. The number of hydrogen-bond acceptors (Lipinski definition) is 5. The molecular weight excluding hydrogens is 423 g/mol. The maximum absolute atomic E-state index is 9.68. The molecular formula is C22H18Cl2N4O2. The van der Waals surface area contributed by atoms with Crippen LogP contribution in [0.4, 0.5) is 0 Å². The van der Waals surface area contributed by atoms with Crippen molar-refractivity contribution in [1.82, 2.24) is 10.2 Å². The zero-order chi connectivity index (χ0) is 21.4. The van der Waals surface area contributed by atoms with Crippen molar-refractivity contribution in [2.24, 2.45) is 5.73 Å². The molecule has 1 atom stereocenters. The number of aromatic amines is 1. The van der Waals surface area contributed by atoms with Crippen molar-refractivity contribution in [3.8, 4) is 17.7 Å². The lowest BCUT2D eigenvalue weighted by Crippen LogP contribution is -2.21. The summed E-state index contributed by atoms with van der Waals surface area (Å²) in [6.45, 7) is 4.20. The standard InChI is InChI=1S/C22H18Cl2N4O2/c1-11-3-5-13(6-4-11)10-29-20-16(23)7-14(8-17(20)24)19-15(9-25)21(26)30-22-18(19)12(2)27-28-22/h3-8,19H,10,26H2,1-2H3,(H,27,28)/t19-/m1/s1. The number of aromatic nitrogens is 2. The van der Waals surface area contributed by atoms with E-state index in [4.69, 9.17) is 38.4 Å². The molecule has 0 spiro atoms. The molecule has 4 rings (SSSR count). The van der Waals surface area contributed by atoms with E-state index in [9.17, 15) is 5.26 Å². The minimum atomic E-state index is -0.501. The average Bonchev–Trinajstić information content (AvgIpc) is 3.07. The maximum Gasteiger partial charge on any atom is 0.244 e. The highest BCUT2D eigenvalue weighted by Crippen LogP contribution is 2.45. The highest BCUT2D eigenvalue weighted by atomic mass is 35.5. The van der Waals surface area contributed by atoms with Gasteiger partial charge in [0.2, 0.25) is 11.8 Å². The lowest BCUT2D eigenvalue weighted by atomic mass is 9.84. The molecule has 0 bridgehead atoms. The van der Waals surface area contributed by atoms with Gasteiger partial charge in [-0.25, -0.2) is 0 Å². The van der Waals surface area contributed by atoms with Gasteiger partial charge < -0.3 is 15.2 Å². The van der Waals surface area contributed by atoms with Crippen LogP contribution in [0.15, 0.2) is 47.9 Å². The van der Waals surface area contributed by atoms with Crippen LogP contribution in [0.5, 0.6) is 11.6 Å². The summed E-state index contributed by atoms with van der Waals surface area (Å²) < 4.78 is 11.4. The van der Waals surface area contributed by atoms with E-state index < -0.39 is 5.92 Å². The fraction of sp³-hybridized carbons (Fsp3) is 0.182. The second-order valence-electron chi connectivity index (χ2n) is 7.08. The predicted octanol–water partition coefficient (Wildman–Crippen LogP) is 5.13. The molecule has 30 heavy (non-hydrogen) atoms. The van der Waals surface area contributed by atoms with Crippen LogP contribution in [-0.4, -0.2) is 10.2 Å². The number of hydrogen-bond donors (Lipinski definition) is 2. The van der Waals surface area contributed by atoms with Gasteiger partial charge >= 0.3 is 0 Å². The Morgan fingerprint density at radius 1 is 1.20 bits per heavy atom. The highest BCUT2D eigenvalue weighted by Gasteiger charge is 2.35. The van der Waals surface area contributed by atoms with Gasteiger partial charge in [0.15, 0.2) is 5.75 Å². The molecule has 152 valence electrons. The Hall–Kier alpha value is -3.14. The van der Waals surface area contributed by atoms with Gasteiger partial charge in [-0.2, -0.15) is 5.26 Å². The summed E-state index contributed by atoms with van der Waals surface area (Å²) in [4.78, 5) is 0. The first kappa shape index (κ1) is 20.1. The molecule has 0 aliphatic carbocycles. The number of fused-ring (bicyclic) bond motifs is 1. The van der Waals surface area contributed by atoms with E-state index in [1.165, 1.54) is 5.56 Å². The Kier molecular flexibility index (Phi) is 5.33. The zero-order valence-corrected chi connectivity index (χ0v) is 17.8. The molecule has 3 aromatic rings. The van der Waals surface area contributed by atoms with E-state index in [1.807, 2.05) is 38.1 Å². The van der Waals surface area contributed by atoms with Crippen molar-refractivity contribution in [2.75, 3.05) is 0 Å². The number of nitrogens with zero attached hydrogens (tertiary/aromatic N) is 2. The topological polar surface area (TPSA) is 96.9 Å². The highest BCUT2D eigenvalue weighted by molar-refractivity contribution is 6.37. The normalized spacial score (nSPS) is 15.4. The number of ether oxygens (including phenoxy) is 2. The van der Waals surface area contributed by atoms with Crippen LogP contribution in [0.3, 0.4) is 0 Å². The lowest BCUT2D eigenvalue weighted by Gasteiger charge is -2.24. The SMILES string of the molecule is Cc1ccc(COc2c(Cl)cc([C@@H]3C(C#N)=C(N)Oc4n[nH]c(C)c43)cc2Cl)cc1. The summed E-state index contributed by atoms with van der Waals surface area (Å²) in [6.07, 6.45) is 0. The van der Waals surface area contributed by atoms with Crippen LogP contribution in [0.1, 0.15) is 33.9 Å². The first-order chi connectivity index (χ1) is 14.4. The zero-order valence-electron chi connectivity index (χ0n) is 16.3. The predicted molar refractivity (Wildman–Crippen MR) is 115 cm³/mol. The molecule has 0 fully saturated rings. The number of nitriles is 1. The molecule has 0 amide bonds. The van der Waals surface area contributed by atoms with Crippen molar-refractivity contribution in [2.45, 2.75) is 26.4 Å². The van der Waals surface area contributed by atoms with Crippen LogP contribution < -0.4 is 15.2 Å². The fourth-order valence-corrected chi connectivity index (χ4v) is 4.07. The van der Waals surface area contributed by atoms with Gasteiger partial charge in [0.05, 0.1) is 16.0 Å². The summed E-state index contributed by atoms with van der Waals surface area (Å²) in [7, 11) is 0. The van der Waals surface area contributed by atoms with Crippen LogP contribution in [-0.2, 0) is 6.61 Å². The average molecular weight is 441 g/mol. The number of rotatable bonds is 4. The molecule has 1 aliphatic heterocycles. The second kappa shape index (κ2) is 7.94. The molecule has 0 radical (unpaired) electrons. The van der Waals surface area contributed by atoms with Gasteiger partial charge in [-0.05, 0) is 37.1 Å². The van der Waals surface area contributed by atoms with E-state index in [1.54, 1.807) is 12.1 Å². The van der Waals surface area contributed by atoms with Crippen molar-refractivity contribution in [1.29, 1.82) is 5.26 Å². The minimum Gasteiger partial charge on any atom is -0.486 e. The summed E-state index contributed by atoms with van der Waals surface area (Å²) in [5.41, 5.74) is 10.6. The first-order valence-electron chi connectivity index (χ1n) is 9.18. The number of aryl methyl sites for hydroxylation is 2. The number of nitrogens with two attached hydrogens (primary N) is 1. The lowest BCUT2D eigenvalue weighted by molar-refractivity contribution is 0.306.